The van der Waals surface area contributed by atoms with Gasteiger partial charge in [-0.1, -0.05) is 12.1 Å². The summed E-state index contributed by atoms with van der Waals surface area (Å²) in [5.74, 6) is -0.251. The third-order valence-electron chi connectivity index (χ3n) is 3.37. The molecule has 0 fully saturated rings. The number of aromatic nitrogens is 2. The lowest BCUT2D eigenvalue weighted by Gasteiger charge is -2.07. The van der Waals surface area contributed by atoms with Gasteiger partial charge in [0, 0.05) is 19.9 Å². The van der Waals surface area contributed by atoms with E-state index in [0.29, 0.717) is 35.3 Å². The second kappa shape index (κ2) is 5.95. The van der Waals surface area contributed by atoms with E-state index in [1.165, 1.54) is 10.6 Å². The van der Waals surface area contributed by atoms with E-state index >= 15 is 0 Å². The van der Waals surface area contributed by atoms with Crippen LogP contribution in [0, 0.1) is 0 Å². The van der Waals surface area contributed by atoms with E-state index in [1.54, 1.807) is 37.4 Å². The molecule has 0 unspecified atom stereocenters. The minimum Gasteiger partial charge on any atom is -0.383 e. The Kier molecular flexibility index (Phi) is 3.84. The largest absolute Gasteiger partial charge is 0.383 e. The Bertz CT molecular complexity index is 902. The molecule has 0 saturated heterocycles. The molecule has 0 saturated carbocycles. The SMILES string of the molecule is COCCNC(=O)c1ccc2nc3ccccc3c(=O)n2c1. The molecule has 3 aromatic rings. The van der Waals surface area contributed by atoms with Crippen molar-refractivity contribution in [3.05, 3.63) is 58.5 Å². The molecule has 0 aliphatic rings. The Balaban J connectivity index is 2.06. The standard InChI is InChI=1S/C16H15N3O3/c1-22-9-8-17-15(20)11-6-7-14-18-13-5-3-2-4-12(13)16(21)19(14)10-11/h2-7,10H,8-9H2,1H3,(H,17,20). The Morgan fingerprint density at radius 3 is 2.91 bits per heavy atom. The molecule has 0 aliphatic carbocycles. The lowest BCUT2D eigenvalue weighted by atomic mass is 10.2. The van der Waals surface area contributed by atoms with E-state index in [2.05, 4.69) is 10.3 Å². The summed E-state index contributed by atoms with van der Waals surface area (Å²) >= 11 is 0. The highest BCUT2D eigenvalue weighted by atomic mass is 16.5. The molecular formula is C16H15N3O3. The van der Waals surface area contributed by atoms with Crippen molar-refractivity contribution in [2.75, 3.05) is 20.3 Å². The molecule has 0 spiro atoms. The van der Waals surface area contributed by atoms with Crippen molar-refractivity contribution in [2.45, 2.75) is 0 Å². The number of carbonyl (C=O) groups excluding carboxylic acids is 1. The first-order chi connectivity index (χ1) is 10.7. The molecule has 0 atom stereocenters. The first-order valence-corrected chi connectivity index (χ1v) is 6.89. The van der Waals surface area contributed by atoms with Gasteiger partial charge >= 0.3 is 0 Å². The number of amides is 1. The highest BCUT2D eigenvalue weighted by Crippen LogP contribution is 2.10. The van der Waals surface area contributed by atoms with Crippen molar-refractivity contribution in [3.8, 4) is 0 Å². The molecule has 1 aromatic carbocycles. The maximum Gasteiger partial charge on any atom is 0.265 e. The average molecular weight is 297 g/mol. The van der Waals surface area contributed by atoms with E-state index in [1.807, 2.05) is 6.07 Å². The Labute approximate surface area is 126 Å². The van der Waals surface area contributed by atoms with Crippen molar-refractivity contribution in [1.29, 1.82) is 0 Å². The average Bonchev–Trinajstić information content (AvgIpc) is 2.55. The summed E-state index contributed by atoms with van der Waals surface area (Å²) < 4.78 is 6.28. The Hall–Kier alpha value is -2.73. The van der Waals surface area contributed by atoms with Gasteiger partial charge in [-0.05, 0) is 24.3 Å². The van der Waals surface area contributed by atoms with E-state index in [9.17, 15) is 9.59 Å². The first kappa shape index (κ1) is 14.2. The van der Waals surface area contributed by atoms with Crippen molar-refractivity contribution in [1.82, 2.24) is 14.7 Å². The van der Waals surface area contributed by atoms with Crippen LogP contribution in [-0.2, 0) is 4.74 Å². The molecule has 112 valence electrons. The molecular weight excluding hydrogens is 282 g/mol. The van der Waals surface area contributed by atoms with E-state index in [4.69, 9.17) is 4.74 Å². The number of fused-ring (bicyclic) bond motifs is 2. The third kappa shape index (κ3) is 2.56. The van der Waals surface area contributed by atoms with Crippen LogP contribution in [0.5, 0.6) is 0 Å². The zero-order valence-electron chi connectivity index (χ0n) is 12.1. The molecule has 6 nitrogen and oxygen atoms in total. The first-order valence-electron chi connectivity index (χ1n) is 6.89. The summed E-state index contributed by atoms with van der Waals surface area (Å²) in [5.41, 5.74) is 1.37. The van der Waals surface area contributed by atoms with Crippen molar-refractivity contribution in [2.24, 2.45) is 0 Å². The van der Waals surface area contributed by atoms with Crippen LogP contribution in [0.25, 0.3) is 16.6 Å². The summed E-state index contributed by atoms with van der Waals surface area (Å²) in [6.07, 6.45) is 1.51. The number of ether oxygens (including phenoxy) is 1. The number of pyridine rings is 1. The molecule has 6 heteroatoms. The van der Waals surface area contributed by atoms with Crippen LogP contribution in [0.15, 0.2) is 47.4 Å². The van der Waals surface area contributed by atoms with Gasteiger partial charge in [-0.15, -0.1) is 0 Å². The van der Waals surface area contributed by atoms with Gasteiger partial charge in [0.1, 0.15) is 5.65 Å². The fourth-order valence-electron chi connectivity index (χ4n) is 2.25. The van der Waals surface area contributed by atoms with Gasteiger partial charge < -0.3 is 10.1 Å². The molecule has 2 heterocycles. The highest BCUT2D eigenvalue weighted by molar-refractivity contribution is 5.94. The third-order valence-corrected chi connectivity index (χ3v) is 3.37. The minimum absolute atomic E-state index is 0.188. The van der Waals surface area contributed by atoms with Gasteiger partial charge in [-0.3, -0.25) is 14.0 Å². The number of nitrogens with zero attached hydrogens (tertiary/aromatic N) is 2. The van der Waals surface area contributed by atoms with Gasteiger partial charge in [0.25, 0.3) is 11.5 Å². The molecule has 2 aromatic heterocycles. The summed E-state index contributed by atoms with van der Waals surface area (Å²) in [7, 11) is 1.57. The number of rotatable bonds is 4. The fourth-order valence-corrected chi connectivity index (χ4v) is 2.25. The second-order valence-corrected chi connectivity index (χ2v) is 4.83. The molecule has 0 aliphatic heterocycles. The van der Waals surface area contributed by atoms with Crippen LogP contribution in [0.2, 0.25) is 0 Å². The number of nitrogens with one attached hydrogen (secondary N) is 1. The molecule has 3 rings (SSSR count). The number of hydrogen-bond donors (Lipinski definition) is 1. The predicted molar refractivity (Wildman–Crippen MR) is 83.2 cm³/mol. The highest BCUT2D eigenvalue weighted by Gasteiger charge is 2.09. The zero-order valence-corrected chi connectivity index (χ0v) is 12.1. The zero-order chi connectivity index (χ0) is 15.5. The van der Waals surface area contributed by atoms with Gasteiger partial charge in [0.2, 0.25) is 0 Å². The fraction of sp³-hybridized carbons (Fsp3) is 0.188. The Morgan fingerprint density at radius 1 is 1.27 bits per heavy atom. The number of hydrogen-bond acceptors (Lipinski definition) is 4. The smallest absolute Gasteiger partial charge is 0.265 e. The quantitative estimate of drug-likeness (QED) is 0.580. The van der Waals surface area contributed by atoms with Gasteiger partial charge in [-0.2, -0.15) is 0 Å². The molecule has 1 N–H and O–H groups in total. The van der Waals surface area contributed by atoms with E-state index in [0.717, 1.165) is 0 Å². The Morgan fingerprint density at radius 2 is 2.09 bits per heavy atom. The van der Waals surface area contributed by atoms with Crippen LogP contribution in [0.1, 0.15) is 10.4 Å². The number of methoxy groups -OCH3 is 1. The van der Waals surface area contributed by atoms with E-state index in [-0.39, 0.29) is 11.5 Å². The summed E-state index contributed by atoms with van der Waals surface area (Å²) in [6.45, 7) is 0.851. The second-order valence-electron chi connectivity index (χ2n) is 4.83. The maximum atomic E-state index is 12.5. The van der Waals surface area contributed by atoms with Crippen LogP contribution in [-0.4, -0.2) is 35.6 Å². The van der Waals surface area contributed by atoms with Gasteiger partial charge in [0.15, 0.2) is 0 Å². The summed E-state index contributed by atoms with van der Waals surface area (Å²) in [4.78, 5) is 29.0. The van der Waals surface area contributed by atoms with Crippen molar-refractivity contribution >= 4 is 22.5 Å². The van der Waals surface area contributed by atoms with Crippen LogP contribution < -0.4 is 10.9 Å². The van der Waals surface area contributed by atoms with Crippen molar-refractivity contribution < 1.29 is 9.53 Å². The minimum atomic E-state index is -0.251. The molecule has 0 radical (unpaired) electrons. The van der Waals surface area contributed by atoms with E-state index < -0.39 is 0 Å². The normalized spacial score (nSPS) is 11.0. The van der Waals surface area contributed by atoms with Crippen LogP contribution >= 0.6 is 0 Å². The lowest BCUT2D eigenvalue weighted by Crippen LogP contribution is -2.27. The molecule has 22 heavy (non-hydrogen) atoms. The van der Waals surface area contributed by atoms with Gasteiger partial charge in [-0.25, -0.2) is 4.98 Å². The number of benzene rings is 1. The monoisotopic (exact) mass is 297 g/mol. The van der Waals surface area contributed by atoms with Gasteiger partial charge in [0.05, 0.1) is 23.1 Å². The topological polar surface area (TPSA) is 72.7 Å². The summed E-state index contributed by atoms with van der Waals surface area (Å²) in [5, 5.41) is 3.25. The van der Waals surface area contributed by atoms with Crippen LogP contribution in [0.3, 0.4) is 0 Å². The number of carbonyl (C=O) groups is 1. The van der Waals surface area contributed by atoms with Crippen LogP contribution in [0.4, 0.5) is 0 Å². The summed E-state index contributed by atoms with van der Waals surface area (Å²) in [6, 6.07) is 10.5. The molecule has 1 amide bonds. The number of para-hydroxylation sites is 1. The molecule has 0 bridgehead atoms. The maximum absolute atomic E-state index is 12.5. The van der Waals surface area contributed by atoms with Crippen molar-refractivity contribution in [3.63, 3.8) is 0 Å². The predicted octanol–water partition coefficient (Wildman–Crippen LogP) is 1.22. The lowest BCUT2D eigenvalue weighted by molar-refractivity contribution is 0.0936.